The zero-order chi connectivity index (χ0) is 21.7. The molecule has 0 unspecified atom stereocenters. The number of anilines is 1. The minimum atomic E-state index is -0.405. The van der Waals surface area contributed by atoms with Crippen molar-refractivity contribution >= 4 is 29.0 Å². The maximum absolute atomic E-state index is 14.4. The molecular weight excluding hydrogens is 407 g/mol. The van der Waals surface area contributed by atoms with Gasteiger partial charge in [0.15, 0.2) is 5.78 Å². The van der Waals surface area contributed by atoms with E-state index in [0.717, 1.165) is 11.3 Å². The first kappa shape index (κ1) is 22.1. The summed E-state index contributed by atoms with van der Waals surface area (Å²) in [6, 6.07) is 10.0. The third kappa shape index (κ3) is 5.51. The maximum Gasteiger partial charge on any atom is 0.222 e. The Balaban J connectivity index is 1.43. The van der Waals surface area contributed by atoms with E-state index in [4.69, 9.17) is 16.3 Å². The van der Waals surface area contributed by atoms with Crippen LogP contribution in [-0.4, -0.2) is 49.4 Å². The molecule has 160 valence electrons. The van der Waals surface area contributed by atoms with E-state index in [-0.39, 0.29) is 11.7 Å². The number of carbonyl (C=O) groups excluding carboxylic acids is 2. The van der Waals surface area contributed by atoms with Gasteiger partial charge < -0.3 is 14.5 Å². The van der Waals surface area contributed by atoms with E-state index in [1.807, 2.05) is 28.9 Å². The van der Waals surface area contributed by atoms with Crippen molar-refractivity contribution in [2.45, 2.75) is 26.7 Å². The molecule has 0 N–H and O–H groups in total. The third-order valence-electron chi connectivity index (χ3n) is 5.26. The molecule has 7 heteroatoms. The highest BCUT2D eigenvalue weighted by Gasteiger charge is 2.23. The number of benzene rings is 2. The predicted molar refractivity (Wildman–Crippen MR) is 116 cm³/mol. The fraction of sp³-hybridized carbons (Fsp3) is 0.391. The lowest BCUT2D eigenvalue weighted by Crippen LogP contribution is -2.49. The second kappa shape index (κ2) is 9.94. The van der Waals surface area contributed by atoms with E-state index in [1.54, 1.807) is 18.2 Å². The average Bonchev–Trinajstić information content (AvgIpc) is 2.72. The Morgan fingerprint density at radius 1 is 1.10 bits per heavy atom. The lowest BCUT2D eigenvalue weighted by atomic mass is 10.1. The van der Waals surface area contributed by atoms with Gasteiger partial charge in [-0.2, -0.15) is 0 Å². The smallest absolute Gasteiger partial charge is 0.222 e. The van der Waals surface area contributed by atoms with E-state index >= 15 is 0 Å². The van der Waals surface area contributed by atoms with Crippen LogP contribution in [0.25, 0.3) is 0 Å². The largest absolute Gasteiger partial charge is 0.493 e. The Bertz CT molecular complexity index is 927. The minimum Gasteiger partial charge on any atom is -0.493 e. The Kier molecular flexibility index (Phi) is 7.32. The summed E-state index contributed by atoms with van der Waals surface area (Å²) in [5.74, 6) is 0.292. The number of amides is 1. The number of hydrogen-bond donors (Lipinski definition) is 0. The van der Waals surface area contributed by atoms with Crippen LogP contribution in [0.5, 0.6) is 5.75 Å². The van der Waals surface area contributed by atoms with Crippen molar-refractivity contribution in [1.29, 1.82) is 0 Å². The van der Waals surface area contributed by atoms with E-state index in [1.165, 1.54) is 13.0 Å². The Morgan fingerprint density at radius 2 is 1.83 bits per heavy atom. The van der Waals surface area contributed by atoms with Crippen molar-refractivity contribution in [3.63, 3.8) is 0 Å². The molecule has 0 bridgehead atoms. The molecule has 0 aliphatic carbocycles. The summed E-state index contributed by atoms with van der Waals surface area (Å²) in [6.07, 6.45) is 1.04. The summed E-state index contributed by atoms with van der Waals surface area (Å²) < 4.78 is 20.1. The third-order valence-corrected chi connectivity index (χ3v) is 5.49. The van der Waals surface area contributed by atoms with Gasteiger partial charge in [0.2, 0.25) is 5.91 Å². The average molecular weight is 433 g/mol. The quantitative estimate of drug-likeness (QED) is 0.477. The first-order valence-corrected chi connectivity index (χ1v) is 10.4. The second-order valence-electron chi connectivity index (χ2n) is 7.45. The lowest BCUT2D eigenvalue weighted by Gasteiger charge is -2.36. The standard InChI is InChI=1S/C23H26ClFN2O3/c1-16-14-19(24)6-8-22(16)30-13-3-4-23(29)27-11-9-26(10-12-27)21-7-5-18(17(2)28)15-20(21)25/h5-8,14-15H,3-4,9-13H2,1-2H3. The second-order valence-corrected chi connectivity index (χ2v) is 7.89. The van der Waals surface area contributed by atoms with E-state index in [0.29, 0.717) is 61.9 Å². The molecule has 2 aromatic carbocycles. The molecule has 5 nitrogen and oxygen atoms in total. The highest BCUT2D eigenvalue weighted by molar-refractivity contribution is 6.30. The van der Waals surface area contributed by atoms with Gasteiger partial charge in [0, 0.05) is 43.2 Å². The van der Waals surface area contributed by atoms with Gasteiger partial charge >= 0.3 is 0 Å². The van der Waals surface area contributed by atoms with Crippen molar-refractivity contribution in [3.8, 4) is 5.75 Å². The fourth-order valence-electron chi connectivity index (χ4n) is 3.52. The molecule has 1 heterocycles. The van der Waals surface area contributed by atoms with Crippen molar-refractivity contribution in [1.82, 2.24) is 4.90 Å². The highest BCUT2D eigenvalue weighted by atomic mass is 35.5. The molecule has 1 fully saturated rings. The van der Waals surface area contributed by atoms with Crippen molar-refractivity contribution in [2.24, 2.45) is 0 Å². The van der Waals surface area contributed by atoms with E-state index < -0.39 is 5.82 Å². The van der Waals surface area contributed by atoms with Gasteiger partial charge in [-0.15, -0.1) is 0 Å². The number of rotatable bonds is 7. The van der Waals surface area contributed by atoms with Gasteiger partial charge in [0.05, 0.1) is 12.3 Å². The number of hydrogen-bond acceptors (Lipinski definition) is 4. The van der Waals surface area contributed by atoms with Crippen LogP contribution in [0.15, 0.2) is 36.4 Å². The summed E-state index contributed by atoms with van der Waals surface area (Å²) in [6.45, 7) is 6.02. The first-order chi connectivity index (χ1) is 14.3. The Morgan fingerprint density at radius 3 is 2.47 bits per heavy atom. The number of ether oxygens (including phenoxy) is 1. The summed E-state index contributed by atoms with van der Waals surface area (Å²) in [7, 11) is 0. The number of ketones is 1. The zero-order valence-corrected chi connectivity index (χ0v) is 18.0. The molecule has 1 aliphatic rings. The summed E-state index contributed by atoms with van der Waals surface area (Å²) in [5.41, 5.74) is 1.80. The van der Waals surface area contributed by atoms with Gasteiger partial charge in [-0.3, -0.25) is 9.59 Å². The van der Waals surface area contributed by atoms with Crippen LogP contribution in [0.3, 0.4) is 0 Å². The maximum atomic E-state index is 14.4. The molecule has 0 atom stereocenters. The number of nitrogens with zero attached hydrogens (tertiary/aromatic N) is 2. The lowest BCUT2D eigenvalue weighted by molar-refractivity contribution is -0.131. The molecule has 0 spiro atoms. The SMILES string of the molecule is CC(=O)c1ccc(N2CCN(C(=O)CCCOc3ccc(Cl)cc3C)CC2)c(F)c1. The van der Waals surface area contributed by atoms with Gasteiger partial charge in [-0.25, -0.2) is 4.39 Å². The minimum absolute atomic E-state index is 0.0819. The summed E-state index contributed by atoms with van der Waals surface area (Å²) in [4.78, 5) is 27.6. The van der Waals surface area contributed by atoms with Crippen LogP contribution >= 0.6 is 11.6 Å². The van der Waals surface area contributed by atoms with Gasteiger partial charge in [-0.05, 0) is 62.2 Å². The van der Waals surface area contributed by atoms with E-state index in [2.05, 4.69) is 0 Å². The van der Waals surface area contributed by atoms with Crippen LogP contribution in [0.4, 0.5) is 10.1 Å². The van der Waals surface area contributed by atoms with Crippen molar-refractivity contribution < 1.29 is 18.7 Å². The number of halogens is 2. The Labute approximate surface area is 181 Å². The van der Waals surface area contributed by atoms with Crippen molar-refractivity contribution in [3.05, 3.63) is 58.4 Å². The monoisotopic (exact) mass is 432 g/mol. The van der Waals surface area contributed by atoms with Crippen LogP contribution in [0.2, 0.25) is 5.02 Å². The van der Waals surface area contributed by atoms with Crippen LogP contribution in [0.1, 0.15) is 35.7 Å². The fourth-order valence-corrected chi connectivity index (χ4v) is 3.74. The van der Waals surface area contributed by atoms with Crippen LogP contribution < -0.4 is 9.64 Å². The molecule has 3 rings (SSSR count). The molecule has 1 saturated heterocycles. The summed E-state index contributed by atoms with van der Waals surface area (Å²) in [5, 5.41) is 0.670. The predicted octanol–water partition coefficient (Wildman–Crippen LogP) is 4.50. The Hall–Kier alpha value is -2.60. The van der Waals surface area contributed by atoms with Gasteiger partial charge in [0.25, 0.3) is 0 Å². The highest BCUT2D eigenvalue weighted by Crippen LogP contribution is 2.23. The topological polar surface area (TPSA) is 49.9 Å². The van der Waals surface area contributed by atoms with E-state index in [9.17, 15) is 14.0 Å². The van der Waals surface area contributed by atoms with Gasteiger partial charge in [-0.1, -0.05) is 11.6 Å². The van der Waals surface area contributed by atoms with Gasteiger partial charge in [0.1, 0.15) is 11.6 Å². The molecule has 1 amide bonds. The molecule has 1 aliphatic heterocycles. The zero-order valence-electron chi connectivity index (χ0n) is 17.3. The van der Waals surface area contributed by atoms with Crippen molar-refractivity contribution in [2.75, 3.05) is 37.7 Å². The number of carbonyl (C=O) groups is 2. The van der Waals surface area contributed by atoms with Crippen LogP contribution in [-0.2, 0) is 4.79 Å². The summed E-state index contributed by atoms with van der Waals surface area (Å²) >= 11 is 5.94. The normalized spacial score (nSPS) is 14.0. The molecular formula is C23H26ClFN2O3. The molecule has 0 aromatic heterocycles. The number of aryl methyl sites for hydroxylation is 1. The number of Topliss-reactive ketones (excluding diaryl/α,β-unsaturated/α-hetero) is 1. The molecule has 0 radical (unpaired) electrons. The number of piperazine rings is 1. The first-order valence-electron chi connectivity index (χ1n) is 10.1. The molecule has 30 heavy (non-hydrogen) atoms. The molecule has 0 saturated carbocycles. The van der Waals surface area contributed by atoms with Crippen LogP contribution in [0, 0.1) is 12.7 Å². The molecule has 2 aromatic rings.